The minimum absolute atomic E-state index is 0.124. The van der Waals surface area contributed by atoms with E-state index in [9.17, 15) is 14.0 Å². The fourth-order valence-corrected chi connectivity index (χ4v) is 3.23. The molecule has 1 aliphatic rings. The molecule has 5 nitrogen and oxygen atoms in total. The van der Waals surface area contributed by atoms with E-state index < -0.39 is 17.6 Å². The second-order valence-corrected chi connectivity index (χ2v) is 6.37. The van der Waals surface area contributed by atoms with Crippen molar-refractivity contribution in [3.05, 3.63) is 95.9 Å². The van der Waals surface area contributed by atoms with E-state index in [-0.39, 0.29) is 11.3 Å². The number of hydrogen-bond acceptors (Lipinski definition) is 4. The Morgan fingerprint density at radius 3 is 2.17 bits per heavy atom. The first kappa shape index (κ1) is 18.4. The van der Waals surface area contributed by atoms with Crippen molar-refractivity contribution in [1.29, 1.82) is 0 Å². The lowest BCUT2D eigenvalue weighted by Crippen LogP contribution is -2.32. The third kappa shape index (κ3) is 3.36. The largest absolute Gasteiger partial charge is 0.495 e. The van der Waals surface area contributed by atoms with Crippen molar-refractivity contribution in [2.45, 2.75) is 0 Å². The van der Waals surface area contributed by atoms with E-state index in [0.717, 1.165) is 4.90 Å². The molecule has 0 atom stereocenters. The summed E-state index contributed by atoms with van der Waals surface area (Å²) in [6.07, 6.45) is 0. The molecule has 29 heavy (non-hydrogen) atoms. The molecule has 0 fully saturated rings. The maximum Gasteiger partial charge on any atom is 0.282 e. The summed E-state index contributed by atoms with van der Waals surface area (Å²) < 4.78 is 18.6. The third-order valence-corrected chi connectivity index (χ3v) is 4.59. The summed E-state index contributed by atoms with van der Waals surface area (Å²) in [5.74, 6) is -0.958. The lowest BCUT2D eigenvalue weighted by atomic mass is 10.0. The molecule has 0 aromatic heterocycles. The van der Waals surface area contributed by atoms with Crippen molar-refractivity contribution in [3.63, 3.8) is 0 Å². The van der Waals surface area contributed by atoms with Gasteiger partial charge in [0.05, 0.1) is 18.4 Å². The summed E-state index contributed by atoms with van der Waals surface area (Å²) in [5.41, 5.74) is 1.82. The molecule has 3 aromatic rings. The van der Waals surface area contributed by atoms with Crippen LogP contribution in [0.4, 0.5) is 15.8 Å². The Balaban J connectivity index is 1.83. The van der Waals surface area contributed by atoms with Crippen LogP contribution in [0.3, 0.4) is 0 Å². The Kier molecular flexibility index (Phi) is 4.83. The normalized spacial score (nSPS) is 13.8. The smallest absolute Gasteiger partial charge is 0.282 e. The van der Waals surface area contributed by atoms with E-state index in [2.05, 4.69) is 5.32 Å². The number of halogens is 1. The molecule has 0 bridgehead atoms. The summed E-state index contributed by atoms with van der Waals surface area (Å²) in [4.78, 5) is 27.7. The van der Waals surface area contributed by atoms with Gasteiger partial charge in [0.2, 0.25) is 0 Å². The quantitative estimate of drug-likeness (QED) is 0.665. The summed E-state index contributed by atoms with van der Waals surface area (Å²) in [7, 11) is 1.48. The minimum atomic E-state index is -0.511. The molecule has 144 valence electrons. The van der Waals surface area contributed by atoms with Gasteiger partial charge in [-0.2, -0.15) is 0 Å². The molecule has 6 heteroatoms. The van der Waals surface area contributed by atoms with Crippen LogP contribution >= 0.6 is 0 Å². The van der Waals surface area contributed by atoms with Crippen LogP contribution in [-0.2, 0) is 9.59 Å². The molecule has 0 unspecified atom stereocenters. The minimum Gasteiger partial charge on any atom is -0.495 e. The van der Waals surface area contributed by atoms with Gasteiger partial charge in [0.25, 0.3) is 11.8 Å². The van der Waals surface area contributed by atoms with Crippen LogP contribution in [-0.4, -0.2) is 18.9 Å². The lowest BCUT2D eigenvalue weighted by molar-refractivity contribution is -0.120. The predicted octanol–water partition coefficient (Wildman–Crippen LogP) is 4.23. The van der Waals surface area contributed by atoms with Crippen LogP contribution in [0.2, 0.25) is 0 Å². The van der Waals surface area contributed by atoms with E-state index in [1.807, 2.05) is 6.07 Å². The van der Waals surface area contributed by atoms with E-state index in [1.54, 1.807) is 48.5 Å². The number of carbonyl (C=O) groups is 2. The van der Waals surface area contributed by atoms with Crippen LogP contribution in [0, 0.1) is 5.82 Å². The lowest BCUT2D eigenvalue weighted by Gasteiger charge is -2.18. The first-order valence-electron chi connectivity index (χ1n) is 8.94. The van der Waals surface area contributed by atoms with E-state index in [4.69, 9.17) is 4.74 Å². The zero-order chi connectivity index (χ0) is 20.4. The molecular formula is C23H17FN2O3. The fourth-order valence-electron chi connectivity index (χ4n) is 3.23. The zero-order valence-electron chi connectivity index (χ0n) is 15.6. The Labute approximate surface area is 167 Å². The molecule has 1 N–H and O–H groups in total. The van der Waals surface area contributed by atoms with Crippen molar-refractivity contribution in [2.75, 3.05) is 17.3 Å². The van der Waals surface area contributed by atoms with Crippen LogP contribution in [0.5, 0.6) is 5.75 Å². The van der Waals surface area contributed by atoms with Crippen molar-refractivity contribution in [3.8, 4) is 5.75 Å². The SMILES string of the molecule is COc1ccccc1N1C(=O)C(Nc2ccc(F)cc2)=C(c2ccccc2)C1=O. The molecule has 1 heterocycles. The Morgan fingerprint density at radius 1 is 0.828 bits per heavy atom. The zero-order valence-corrected chi connectivity index (χ0v) is 15.6. The molecule has 3 aromatic carbocycles. The van der Waals surface area contributed by atoms with Gasteiger partial charge >= 0.3 is 0 Å². The second kappa shape index (κ2) is 7.59. The molecule has 0 aliphatic carbocycles. The number of methoxy groups -OCH3 is 1. The molecule has 1 aliphatic heterocycles. The summed E-state index contributed by atoms with van der Waals surface area (Å²) >= 11 is 0. The molecule has 2 amide bonds. The highest BCUT2D eigenvalue weighted by Gasteiger charge is 2.41. The molecule has 0 saturated heterocycles. The Morgan fingerprint density at radius 2 is 1.48 bits per heavy atom. The second-order valence-electron chi connectivity index (χ2n) is 6.37. The molecule has 0 radical (unpaired) electrons. The van der Waals surface area contributed by atoms with Gasteiger partial charge in [-0.05, 0) is 42.0 Å². The fraction of sp³-hybridized carbons (Fsp3) is 0.0435. The van der Waals surface area contributed by atoms with Gasteiger partial charge in [-0.15, -0.1) is 0 Å². The van der Waals surface area contributed by atoms with Crippen molar-refractivity contribution < 1.29 is 18.7 Å². The van der Waals surface area contributed by atoms with Gasteiger partial charge in [0, 0.05) is 5.69 Å². The number of amides is 2. The van der Waals surface area contributed by atoms with Crippen LogP contribution in [0.15, 0.2) is 84.6 Å². The maximum absolute atomic E-state index is 13.3. The topological polar surface area (TPSA) is 58.6 Å². The first-order valence-corrected chi connectivity index (χ1v) is 8.94. The third-order valence-electron chi connectivity index (χ3n) is 4.59. The number of para-hydroxylation sites is 2. The van der Waals surface area contributed by atoms with Crippen LogP contribution < -0.4 is 15.0 Å². The maximum atomic E-state index is 13.3. The number of anilines is 2. The summed E-state index contributed by atoms with van der Waals surface area (Å²) in [5, 5.41) is 2.99. The summed E-state index contributed by atoms with van der Waals surface area (Å²) in [6.45, 7) is 0. The number of ether oxygens (including phenoxy) is 1. The molecule has 0 spiro atoms. The molecule has 0 saturated carbocycles. The van der Waals surface area contributed by atoms with E-state index in [1.165, 1.54) is 31.4 Å². The highest BCUT2D eigenvalue weighted by atomic mass is 19.1. The molecule has 4 rings (SSSR count). The number of hydrogen-bond donors (Lipinski definition) is 1. The number of carbonyl (C=O) groups excluding carboxylic acids is 2. The Hall–Kier alpha value is -3.93. The Bertz CT molecular complexity index is 1110. The van der Waals surface area contributed by atoms with Gasteiger partial charge in [-0.3, -0.25) is 9.59 Å². The number of benzene rings is 3. The van der Waals surface area contributed by atoms with Crippen molar-refractivity contribution in [2.24, 2.45) is 0 Å². The predicted molar refractivity (Wildman–Crippen MR) is 109 cm³/mol. The monoisotopic (exact) mass is 388 g/mol. The number of nitrogens with one attached hydrogen (secondary N) is 1. The standard InChI is InChI=1S/C23H17FN2O3/c1-29-19-10-6-5-9-18(19)26-22(27)20(15-7-3-2-4-8-15)21(23(26)28)25-17-13-11-16(24)12-14-17/h2-14,25H,1H3. The summed E-state index contributed by atoms with van der Waals surface area (Å²) in [6, 6.07) is 21.3. The highest BCUT2D eigenvalue weighted by molar-refractivity contribution is 6.46. The van der Waals surface area contributed by atoms with Crippen LogP contribution in [0.25, 0.3) is 5.57 Å². The van der Waals surface area contributed by atoms with Gasteiger partial charge < -0.3 is 10.1 Å². The first-order chi connectivity index (χ1) is 14.1. The van der Waals surface area contributed by atoms with Crippen LogP contribution in [0.1, 0.15) is 5.56 Å². The van der Waals surface area contributed by atoms with Gasteiger partial charge in [-0.25, -0.2) is 9.29 Å². The average molecular weight is 388 g/mol. The number of imide groups is 1. The van der Waals surface area contributed by atoms with Crippen molar-refractivity contribution >= 4 is 28.8 Å². The van der Waals surface area contributed by atoms with Gasteiger partial charge in [0.15, 0.2) is 0 Å². The number of rotatable bonds is 5. The average Bonchev–Trinajstić information content (AvgIpc) is 2.99. The number of nitrogens with zero attached hydrogens (tertiary/aromatic N) is 1. The van der Waals surface area contributed by atoms with Gasteiger partial charge in [0.1, 0.15) is 17.3 Å². The van der Waals surface area contributed by atoms with Crippen molar-refractivity contribution in [1.82, 2.24) is 0 Å². The highest BCUT2D eigenvalue weighted by Crippen LogP contribution is 2.37. The van der Waals surface area contributed by atoms with Gasteiger partial charge in [-0.1, -0.05) is 42.5 Å². The van der Waals surface area contributed by atoms with E-state index >= 15 is 0 Å². The van der Waals surface area contributed by atoms with E-state index in [0.29, 0.717) is 22.7 Å². The molecular weight excluding hydrogens is 371 g/mol.